The largest absolute Gasteiger partial charge is 0.497 e. The lowest BCUT2D eigenvalue weighted by Crippen LogP contribution is -2.24. The molecule has 178 valence electrons. The van der Waals surface area contributed by atoms with E-state index in [1.165, 1.54) is 0 Å². The Bertz CT molecular complexity index is 1380. The van der Waals surface area contributed by atoms with E-state index in [-0.39, 0.29) is 18.6 Å². The number of carbonyl (C=O) groups excluding carboxylic acids is 1. The summed E-state index contributed by atoms with van der Waals surface area (Å²) in [7, 11) is 1.64. The van der Waals surface area contributed by atoms with Crippen LogP contribution in [0.5, 0.6) is 23.0 Å². The van der Waals surface area contributed by atoms with Gasteiger partial charge in [-0.25, -0.2) is 4.98 Å². The number of aromatic nitrogens is 2. The minimum Gasteiger partial charge on any atom is -0.497 e. The summed E-state index contributed by atoms with van der Waals surface area (Å²) in [6, 6.07) is 21.2. The summed E-state index contributed by atoms with van der Waals surface area (Å²) in [6.07, 6.45) is 0.400. The van der Waals surface area contributed by atoms with Gasteiger partial charge in [0.25, 0.3) is 0 Å². The molecule has 0 saturated carbocycles. The molecule has 2 aliphatic heterocycles. The van der Waals surface area contributed by atoms with Gasteiger partial charge >= 0.3 is 0 Å². The van der Waals surface area contributed by atoms with Gasteiger partial charge in [0.1, 0.15) is 23.9 Å². The minimum atomic E-state index is -0.0266. The molecule has 6 rings (SSSR count). The first-order valence-corrected chi connectivity index (χ1v) is 11.6. The molecule has 4 aromatic rings. The third kappa shape index (κ3) is 4.01. The third-order valence-corrected chi connectivity index (χ3v) is 6.49. The number of para-hydroxylation sites is 2. The maximum absolute atomic E-state index is 13.0. The fourth-order valence-corrected chi connectivity index (χ4v) is 4.75. The van der Waals surface area contributed by atoms with Crippen LogP contribution in [0.15, 0.2) is 66.7 Å². The minimum absolute atomic E-state index is 0.0266. The monoisotopic (exact) mass is 471 g/mol. The summed E-state index contributed by atoms with van der Waals surface area (Å²) in [5, 5.41) is 0. The van der Waals surface area contributed by atoms with E-state index in [0.717, 1.165) is 34.0 Å². The molecular formula is C27H25N3O5. The Hall–Kier alpha value is -4.20. The molecule has 1 aromatic heterocycles. The van der Waals surface area contributed by atoms with Crippen molar-refractivity contribution in [3.63, 3.8) is 0 Å². The standard InChI is InChI=1S/C27H25N3O5/c1-32-20-7-9-21(10-8-20)33-13-12-29-23-5-3-2-4-22(23)28-27(29)18-14-26(31)30(16-18)19-6-11-24-25(15-19)35-17-34-24/h2-11,15,18H,12-14,16-17H2,1H3. The second-order valence-corrected chi connectivity index (χ2v) is 8.58. The molecule has 8 heteroatoms. The predicted molar refractivity (Wildman–Crippen MR) is 130 cm³/mol. The van der Waals surface area contributed by atoms with Crippen LogP contribution in [0.2, 0.25) is 0 Å². The number of carbonyl (C=O) groups is 1. The lowest BCUT2D eigenvalue weighted by molar-refractivity contribution is -0.117. The Morgan fingerprint density at radius 1 is 1.00 bits per heavy atom. The Morgan fingerprint density at radius 3 is 2.66 bits per heavy atom. The lowest BCUT2D eigenvalue weighted by Gasteiger charge is -2.18. The van der Waals surface area contributed by atoms with Gasteiger partial charge in [0.05, 0.1) is 24.7 Å². The SMILES string of the molecule is COc1ccc(OCCn2c(C3CC(=O)N(c4ccc5c(c4)OCO5)C3)nc3ccccc32)cc1. The molecule has 3 aromatic carbocycles. The maximum atomic E-state index is 13.0. The van der Waals surface area contributed by atoms with Crippen LogP contribution in [0.3, 0.4) is 0 Å². The summed E-state index contributed by atoms with van der Waals surface area (Å²) in [6.45, 7) is 1.86. The summed E-state index contributed by atoms with van der Waals surface area (Å²) in [4.78, 5) is 19.8. The van der Waals surface area contributed by atoms with Crippen LogP contribution >= 0.6 is 0 Å². The molecule has 8 nitrogen and oxygen atoms in total. The van der Waals surface area contributed by atoms with Crippen LogP contribution in [0, 0.1) is 0 Å². The normalized spacial score (nSPS) is 16.8. The molecule has 1 atom stereocenters. The first-order chi connectivity index (χ1) is 17.2. The zero-order valence-electron chi connectivity index (χ0n) is 19.3. The molecule has 1 amide bonds. The van der Waals surface area contributed by atoms with Gasteiger partial charge in [0.2, 0.25) is 12.7 Å². The highest BCUT2D eigenvalue weighted by Crippen LogP contribution is 2.39. The molecule has 0 bridgehead atoms. The van der Waals surface area contributed by atoms with E-state index in [2.05, 4.69) is 10.6 Å². The molecule has 0 aliphatic carbocycles. The molecule has 3 heterocycles. The van der Waals surface area contributed by atoms with Crippen molar-refractivity contribution < 1.29 is 23.7 Å². The molecule has 1 fully saturated rings. The number of hydrogen-bond acceptors (Lipinski definition) is 6. The van der Waals surface area contributed by atoms with Crippen LogP contribution in [-0.2, 0) is 11.3 Å². The fourth-order valence-electron chi connectivity index (χ4n) is 4.75. The number of amides is 1. The van der Waals surface area contributed by atoms with E-state index in [0.29, 0.717) is 37.6 Å². The van der Waals surface area contributed by atoms with Crippen LogP contribution in [0.4, 0.5) is 5.69 Å². The fraction of sp³-hybridized carbons (Fsp3) is 0.259. The van der Waals surface area contributed by atoms with Crippen LogP contribution in [-0.4, -0.2) is 42.5 Å². The van der Waals surface area contributed by atoms with Crippen molar-refractivity contribution in [3.8, 4) is 23.0 Å². The molecule has 0 N–H and O–H groups in total. The molecule has 0 spiro atoms. The number of fused-ring (bicyclic) bond motifs is 2. The number of benzene rings is 3. The zero-order valence-corrected chi connectivity index (χ0v) is 19.3. The molecular weight excluding hydrogens is 446 g/mol. The van der Waals surface area contributed by atoms with Gasteiger partial charge in [0.15, 0.2) is 11.5 Å². The molecule has 0 radical (unpaired) electrons. The van der Waals surface area contributed by atoms with Crippen molar-refractivity contribution in [2.75, 3.05) is 32.0 Å². The average molecular weight is 472 g/mol. The second-order valence-electron chi connectivity index (χ2n) is 8.58. The smallest absolute Gasteiger partial charge is 0.231 e. The van der Waals surface area contributed by atoms with Crippen LogP contribution in [0.25, 0.3) is 11.0 Å². The van der Waals surface area contributed by atoms with E-state index in [1.54, 1.807) is 7.11 Å². The van der Waals surface area contributed by atoms with E-state index in [1.807, 2.05) is 65.6 Å². The number of rotatable bonds is 7. The summed E-state index contributed by atoms with van der Waals surface area (Å²) >= 11 is 0. The van der Waals surface area contributed by atoms with Gasteiger partial charge in [-0.1, -0.05) is 12.1 Å². The highest BCUT2D eigenvalue weighted by molar-refractivity contribution is 5.97. The quantitative estimate of drug-likeness (QED) is 0.398. The van der Waals surface area contributed by atoms with Crippen molar-refractivity contribution in [3.05, 3.63) is 72.6 Å². The summed E-state index contributed by atoms with van der Waals surface area (Å²) in [5.74, 6) is 3.89. The Kier molecular flexibility index (Phi) is 5.41. The van der Waals surface area contributed by atoms with Gasteiger partial charge in [-0.3, -0.25) is 4.79 Å². The third-order valence-electron chi connectivity index (χ3n) is 6.49. The second kappa shape index (κ2) is 8.87. The number of ether oxygens (including phenoxy) is 4. The number of hydrogen-bond donors (Lipinski definition) is 0. The first-order valence-electron chi connectivity index (χ1n) is 11.6. The molecule has 2 aliphatic rings. The predicted octanol–water partition coefficient (Wildman–Crippen LogP) is 4.37. The number of methoxy groups -OCH3 is 1. The molecule has 1 saturated heterocycles. The van der Waals surface area contributed by atoms with E-state index >= 15 is 0 Å². The van der Waals surface area contributed by atoms with Crippen molar-refractivity contribution >= 4 is 22.6 Å². The highest BCUT2D eigenvalue weighted by atomic mass is 16.7. The Balaban J connectivity index is 1.23. The van der Waals surface area contributed by atoms with Gasteiger partial charge in [0, 0.05) is 30.6 Å². The number of anilines is 1. The average Bonchev–Trinajstić information content (AvgIpc) is 3.61. The lowest BCUT2D eigenvalue weighted by atomic mass is 10.1. The highest BCUT2D eigenvalue weighted by Gasteiger charge is 2.35. The number of imidazole rings is 1. The van der Waals surface area contributed by atoms with Crippen molar-refractivity contribution in [2.24, 2.45) is 0 Å². The van der Waals surface area contributed by atoms with Gasteiger partial charge in [-0.2, -0.15) is 0 Å². The van der Waals surface area contributed by atoms with E-state index < -0.39 is 0 Å². The molecule has 35 heavy (non-hydrogen) atoms. The van der Waals surface area contributed by atoms with Gasteiger partial charge in [-0.05, 0) is 48.5 Å². The summed E-state index contributed by atoms with van der Waals surface area (Å²) in [5.41, 5.74) is 2.77. The summed E-state index contributed by atoms with van der Waals surface area (Å²) < 4.78 is 24.3. The van der Waals surface area contributed by atoms with E-state index in [4.69, 9.17) is 23.9 Å². The van der Waals surface area contributed by atoms with Crippen molar-refractivity contribution in [1.82, 2.24) is 9.55 Å². The van der Waals surface area contributed by atoms with Crippen molar-refractivity contribution in [2.45, 2.75) is 18.9 Å². The van der Waals surface area contributed by atoms with Crippen molar-refractivity contribution in [1.29, 1.82) is 0 Å². The molecule has 1 unspecified atom stereocenters. The van der Waals surface area contributed by atoms with Crippen LogP contribution in [0.1, 0.15) is 18.2 Å². The van der Waals surface area contributed by atoms with E-state index in [9.17, 15) is 4.79 Å². The maximum Gasteiger partial charge on any atom is 0.231 e. The Morgan fingerprint density at radius 2 is 1.80 bits per heavy atom. The van der Waals surface area contributed by atoms with Gasteiger partial charge in [-0.15, -0.1) is 0 Å². The topological polar surface area (TPSA) is 75.1 Å². The number of nitrogens with zero attached hydrogens (tertiary/aromatic N) is 3. The first kappa shape index (κ1) is 21.3. The Labute approximate surface area is 202 Å². The zero-order chi connectivity index (χ0) is 23.8. The van der Waals surface area contributed by atoms with Crippen LogP contribution < -0.4 is 23.8 Å². The van der Waals surface area contributed by atoms with Gasteiger partial charge < -0.3 is 28.4 Å².